The Kier molecular flexibility index (Phi) is 52.7. The van der Waals surface area contributed by atoms with Gasteiger partial charge >= 0.3 is 116 Å². The molecule has 0 unspecified atom stereocenters. The second-order valence-corrected chi connectivity index (χ2v) is 25.0. The van der Waals surface area contributed by atoms with Gasteiger partial charge in [0, 0.05) is 94.3 Å². The van der Waals surface area contributed by atoms with Gasteiger partial charge in [0.2, 0.25) is 0 Å². The third-order valence-corrected chi connectivity index (χ3v) is 13.3. The quantitative estimate of drug-likeness (QED) is 0.0303. The molecular weight excluding hydrogens is 1660 g/mol. The molecule has 12 rings (SSSR count). The van der Waals surface area contributed by atoms with Crippen molar-refractivity contribution in [3.8, 4) is 68.3 Å². The number of aromatic nitrogens is 12. The first kappa shape index (κ1) is 96.0. The van der Waals surface area contributed by atoms with Crippen LogP contribution in [0.25, 0.3) is 68.3 Å². The number of carboxylic acid groups (broad SMARTS) is 4. The molecule has 0 bridgehead atoms. The molecule has 0 aliphatic heterocycles. The monoisotopic (exact) mass is 1720 g/mol. The molecule has 0 aliphatic rings. The van der Waals surface area contributed by atoms with Crippen molar-refractivity contribution in [3.05, 3.63) is 291 Å². The molecule has 0 aliphatic carbocycles. The van der Waals surface area contributed by atoms with E-state index >= 15 is 0 Å². The number of aliphatic carboxylic acids is 2. The zero-order chi connectivity index (χ0) is 74.7. The number of nitrogens with zero attached hydrogens (tertiary/aromatic N) is 12. The first-order chi connectivity index (χ1) is 49.8. The van der Waals surface area contributed by atoms with Crippen LogP contribution in [0.5, 0.6) is 0 Å². The number of carboxylic acids is 2. The van der Waals surface area contributed by atoms with E-state index in [2.05, 4.69) is 71.9 Å². The van der Waals surface area contributed by atoms with Crippen molar-refractivity contribution >= 4 is 76.1 Å². The maximum absolute atomic E-state index is 10.7. The average molecular weight is 1720 g/mol. The number of carbonyl (C=O) groups is 4. The summed E-state index contributed by atoms with van der Waals surface area (Å²) >= 11 is -1.25. The van der Waals surface area contributed by atoms with E-state index in [4.69, 9.17) is 58.5 Å². The summed E-state index contributed by atoms with van der Waals surface area (Å²) < 4.78 is 50.0. The first-order valence-electron chi connectivity index (χ1n) is 30.0. The van der Waals surface area contributed by atoms with Gasteiger partial charge in [-0.1, -0.05) is 60.2 Å². The van der Waals surface area contributed by atoms with Crippen LogP contribution in [0.4, 0.5) is 9.59 Å². The predicted molar refractivity (Wildman–Crippen MR) is 386 cm³/mol. The van der Waals surface area contributed by atoms with Crippen molar-refractivity contribution in [1.82, 2.24) is 59.8 Å². The van der Waals surface area contributed by atoms with Crippen molar-refractivity contribution in [2.45, 2.75) is 51.2 Å². The second kappa shape index (κ2) is 58.2. The number of aryl methyl sites for hydroxylation is 3. The zero-order valence-corrected chi connectivity index (χ0v) is 68.2. The van der Waals surface area contributed by atoms with Gasteiger partial charge < -0.3 is 44.1 Å². The van der Waals surface area contributed by atoms with Crippen LogP contribution in [0.15, 0.2) is 256 Å². The standard InChI is InChI=1S/2C14H14N2O2.C12H12N2O3S.2C10H8N2.C10H6N2.2CH2O3S.2ClH.2Na.2Ru/c2*17-14(18)6-3-4-11-7-9-16-13(10-11)12-5-1-2-8-15-12;1-9-2-4-13-11(6-9)12-7-10(3-5-14-12)8-18(15,16)17;3*1-3-7-11-9(5-1)10-6-2-4-8-12-10;2*2-1(3)5-4;;;;;;/h2*1-2,5,7-10H,3-4,6H2,(H,17,18);2-7H,8H2,1H3,(H,15,16,17);2*1-8H;3-8H;2*4H,(H,2,3);2*1H;;;;/q;;;;;-2;;;;;2*+1;;+2/p-5. The van der Waals surface area contributed by atoms with E-state index in [9.17, 15) is 22.6 Å². The summed E-state index contributed by atoms with van der Waals surface area (Å²) in [6, 6.07) is 62.1. The fourth-order valence-electron chi connectivity index (χ4n) is 8.03. The smallest absolute Gasteiger partial charge is 0.394 e. The molecule has 12 aromatic rings. The van der Waals surface area contributed by atoms with Crippen LogP contribution >= 0.6 is 43.5 Å². The molecule has 0 amide bonds. The molecular formula is C72H63Cl2N12Na2O13Ru2S3-3. The van der Waals surface area contributed by atoms with Crippen LogP contribution in [0.2, 0.25) is 0 Å². The van der Waals surface area contributed by atoms with Gasteiger partial charge in [-0.05, 0) is 176 Å². The molecule has 25 nitrogen and oxygen atoms in total. The molecule has 106 heavy (non-hydrogen) atoms. The molecule has 542 valence electrons. The Bertz CT molecular complexity index is 4100. The number of hydrogen-bond acceptors (Lipinski definition) is 23. The van der Waals surface area contributed by atoms with Crippen molar-refractivity contribution < 1.29 is 155 Å². The molecule has 0 saturated carbocycles. The molecule has 0 atom stereocenters. The molecule has 12 heterocycles. The van der Waals surface area contributed by atoms with Crippen LogP contribution < -0.4 is 59.1 Å². The van der Waals surface area contributed by atoms with E-state index in [0.29, 0.717) is 29.8 Å². The Morgan fingerprint density at radius 1 is 0.406 bits per heavy atom. The molecule has 0 radical (unpaired) electrons. The van der Waals surface area contributed by atoms with Gasteiger partial charge in [0.1, 0.15) is 0 Å². The van der Waals surface area contributed by atoms with E-state index in [1.54, 1.807) is 98.5 Å². The summed E-state index contributed by atoms with van der Waals surface area (Å²) in [4.78, 5) is 89.3. The molecule has 12 aromatic heterocycles. The van der Waals surface area contributed by atoms with Gasteiger partial charge in [0.15, 0.2) is 0 Å². The van der Waals surface area contributed by atoms with Crippen LogP contribution in [0.3, 0.4) is 0 Å². The van der Waals surface area contributed by atoms with Crippen LogP contribution in [-0.2, 0) is 72.9 Å². The Morgan fingerprint density at radius 3 is 0.915 bits per heavy atom. The third-order valence-electron chi connectivity index (χ3n) is 12.4. The summed E-state index contributed by atoms with van der Waals surface area (Å²) in [6.45, 7) is 1.93. The first-order valence-corrected chi connectivity index (χ1v) is 37.5. The van der Waals surface area contributed by atoms with Gasteiger partial charge in [-0.3, -0.25) is 59.4 Å². The predicted octanol–water partition coefficient (Wildman–Crippen LogP) is 9.07. The number of pyridine rings is 12. The van der Waals surface area contributed by atoms with Crippen LogP contribution in [0.1, 0.15) is 47.9 Å². The Balaban J connectivity index is 0.000000615. The number of halogens is 2. The largest absolute Gasteiger partial charge is 1.00 e. The summed E-state index contributed by atoms with van der Waals surface area (Å²) in [6.07, 6.45) is 23.7. The third kappa shape index (κ3) is 43.6. The van der Waals surface area contributed by atoms with E-state index in [-0.39, 0.29) is 107 Å². The summed E-state index contributed by atoms with van der Waals surface area (Å²) in [5, 5.41) is 29.2. The number of hydrogen-bond donors (Lipinski definition) is 4. The van der Waals surface area contributed by atoms with Crippen molar-refractivity contribution in [2.24, 2.45) is 0 Å². The normalized spacial score (nSPS) is 9.60. The van der Waals surface area contributed by atoms with Gasteiger partial charge in [-0.15, -0.1) is 24.1 Å². The van der Waals surface area contributed by atoms with Crippen LogP contribution in [-0.4, -0.2) is 125 Å². The van der Waals surface area contributed by atoms with Gasteiger partial charge in [0.05, 0.1) is 72.8 Å². The molecule has 0 aromatic carbocycles. The SMILES string of the molecule is Cc1ccnc(-c2cc(CS(=O)(=O)[O-])ccn2)c1.O=C(O)CCCc1ccnc(-c2ccccn2)c1.O=C(O)CCCc1ccnc(-c2ccccn2)c1.O=C(O)S[O-].O=C(O)S[O-].[Cl][Ru][Cl].[Na+].[Na+].[Ru].[c-]1ccnc(-c2c[c-]ccn2)c1.c1ccc(-c2ccccn2)nc1.c1ccc(-c2ccccn2)nc1. The summed E-state index contributed by atoms with van der Waals surface area (Å²) in [5.41, 5.74) is 13.5. The summed E-state index contributed by atoms with van der Waals surface area (Å²) in [5.74, 6) is -2.04. The molecule has 0 saturated heterocycles. The van der Waals surface area contributed by atoms with Gasteiger partial charge in [0.25, 0.3) is 0 Å². The fraction of sp³-hybridized carbons (Fsp3) is 0.111. The maximum Gasteiger partial charge on any atom is 1.00 e. The number of rotatable bonds is 16. The Morgan fingerprint density at radius 2 is 0.660 bits per heavy atom. The van der Waals surface area contributed by atoms with Crippen molar-refractivity contribution in [1.29, 1.82) is 0 Å². The van der Waals surface area contributed by atoms with E-state index in [0.717, 1.165) is 86.5 Å². The molecule has 0 spiro atoms. The Labute approximate surface area is 694 Å². The molecule has 0 fully saturated rings. The fourth-order valence-corrected chi connectivity index (χ4v) is 8.62. The maximum atomic E-state index is 10.7. The minimum Gasteiger partial charge on any atom is -0.394 e. The average Bonchev–Trinajstić information content (AvgIpc) is 0.868. The second-order valence-electron chi connectivity index (χ2n) is 19.9. The zero-order valence-electron chi connectivity index (χ0n) is 56.7. The minimum absolute atomic E-state index is 0. The van der Waals surface area contributed by atoms with E-state index in [1.165, 1.54) is 12.3 Å². The minimum atomic E-state index is -4.28. The summed E-state index contributed by atoms with van der Waals surface area (Å²) in [7, 11) is 5.43. The van der Waals surface area contributed by atoms with E-state index in [1.807, 2.05) is 153 Å². The van der Waals surface area contributed by atoms with E-state index < -0.39 is 62.5 Å². The topological polar surface area (TPSA) is 407 Å². The molecule has 4 N–H and O–H groups in total. The Hall–Kier alpha value is -7.96. The van der Waals surface area contributed by atoms with Crippen molar-refractivity contribution in [3.63, 3.8) is 0 Å². The van der Waals surface area contributed by atoms with Gasteiger partial charge in [-0.2, -0.15) is 36.4 Å². The van der Waals surface area contributed by atoms with Crippen LogP contribution in [0, 0.1) is 19.1 Å². The molecule has 34 heteroatoms. The van der Waals surface area contributed by atoms with Crippen molar-refractivity contribution in [2.75, 3.05) is 0 Å². The van der Waals surface area contributed by atoms with Gasteiger partial charge in [-0.25, -0.2) is 18.0 Å².